The van der Waals surface area contributed by atoms with Gasteiger partial charge in [0.1, 0.15) is 5.75 Å². The molecule has 1 fully saturated rings. The topological polar surface area (TPSA) is 48.0 Å². The van der Waals surface area contributed by atoms with Crippen LogP contribution in [-0.4, -0.2) is 44.6 Å². The van der Waals surface area contributed by atoms with Gasteiger partial charge in [0.25, 0.3) is 0 Å². The molecule has 1 aliphatic heterocycles. The molecule has 0 saturated carbocycles. The summed E-state index contributed by atoms with van der Waals surface area (Å²) in [6, 6.07) is 9.91. The standard InChI is InChI=1S/C23H25F2NO4/c1-28-20-10-7-17(14-18(20)15-26-11-3-4-12-26)19(27)8-5-16-6-9-21(30-23(24)25)22(13-16)29-2/h5-10,13-14,23H,3-4,11-12,15H2,1-2H3/b8-5+. The number of likely N-dealkylation sites (tertiary alicyclic amines) is 1. The number of ketones is 1. The molecule has 0 N–H and O–H groups in total. The lowest BCUT2D eigenvalue weighted by atomic mass is 10.0. The molecule has 0 radical (unpaired) electrons. The van der Waals surface area contributed by atoms with Gasteiger partial charge in [0.15, 0.2) is 17.3 Å². The van der Waals surface area contributed by atoms with E-state index in [1.54, 1.807) is 25.3 Å². The smallest absolute Gasteiger partial charge is 0.387 e. The minimum absolute atomic E-state index is 0.0577. The predicted octanol–water partition coefficient (Wildman–Crippen LogP) is 4.80. The summed E-state index contributed by atoms with van der Waals surface area (Å²) in [5.74, 6) is 0.717. The van der Waals surface area contributed by atoms with Crippen molar-refractivity contribution in [1.82, 2.24) is 4.90 Å². The summed E-state index contributed by atoms with van der Waals surface area (Å²) >= 11 is 0. The fraction of sp³-hybridized carbons (Fsp3) is 0.348. The quantitative estimate of drug-likeness (QED) is 0.433. The van der Waals surface area contributed by atoms with Crippen molar-refractivity contribution in [3.05, 3.63) is 59.2 Å². The van der Waals surface area contributed by atoms with E-state index in [9.17, 15) is 13.6 Å². The van der Waals surface area contributed by atoms with Crippen molar-refractivity contribution in [2.24, 2.45) is 0 Å². The Morgan fingerprint density at radius 3 is 2.40 bits per heavy atom. The normalized spacial score (nSPS) is 14.4. The fourth-order valence-electron chi connectivity index (χ4n) is 3.49. The van der Waals surface area contributed by atoms with E-state index in [4.69, 9.17) is 9.47 Å². The number of ether oxygens (including phenoxy) is 3. The number of rotatable bonds is 9. The maximum Gasteiger partial charge on any atom is 0.387 e. The van der Waals surface area contributed by atoms with Crippen molar-refractivity contribution < 1.29 is 27.8 Å². The number of allylic oxidation sites excluding steroid dienone is 1. The van der Waals surface area contributed by atoms with E-state index >= 15 is 0 Å². The van der Waals surface area contributed by atoms with E-state index < -0.39 is 6.61 Å². The number of carbonyl (C=O) groups excluding carboxylic acids is 1. The summed E-state index contributed by atoms with van der Waals surface area (Å²) in [6.07, 6.45) is 5.44. The largest absolute Gasteiger partial charge is 0.496 e. The third-order valence-electron chi connectivity index (χ3n) is 4.99. The van der Waals surface area contributed by atoms with E-state index in [2.05, 4.69) is 9.64 Å². The van der Waals surface area contributed by atoms with Crippen LogP contribution in [0.5, 0.6) is 17.2 Å². The van der Waals surface area contributed by atoms with Gasteiger partial charge >= 0.3 is 6.61 Å². The molecule has 1 heterocycles. The maximum absolute atomic E-state index is 12.7. The molecule has 0 aliphatic carbocycles. The van der Waals surface area contributed by atoms with Crippen molar-refractivity contribution >= 4 is 11.9 Å². The van der Waals surface area contributed by atoms with Gasteiger partial charge < -0.3 is 14.2 Å². The Morgan fingerprint density at radius 1 is 1.03 bits per heavy atom. The summed E-state index contributed by atoms with van der Waals surface area (Å²) in [7, 11) is 2.99. The second-order valence-electron chi connectivity index (χ2n) is 7.00. The summed E-state index contributed by atoms with van der Waals surface area (Å²) < 4.78 is 39.8. The Labute approximate surface area is 174 Å². The molecule has 0 aromatic heterocycles. The molecule has 0 amide bonds. The lowest BCUT2D eigenvalue weighted by molar-refractivity contribution is -0.0512. The minimum Gasteiger partial charge on any atom is -0.496 e. The van der Waals surface area contributed by atoms with E-state index in [-0.39, 0.29) is 17.3 Å². The summed E-state index contributed by atoms with van der Waals surface area (Å²) in [5, 5.41) is 0. The number of halogens is 2. The summed E-state index contributed by atoms with van der Waals surface area (Å²) in [6.45, 7) is -0.0915. The molecule has 3 rings (SSSR count). The van der Waals surface area contributed by atoms with Crippen LogP contribution in [-0.2, 0) is 6.54 Å². The Morgan fingerprint density at radius 2 is 1.73 bits per heavy atom. The third kappa shape index (κ3) is 5.57. The first-order chi connectivity index (χ1) is 14.5. The SMILES string of the molecule is COc1ccc(C(=O)/C=C/c2ccc(OC(F)F)c(OC)c2)cc1CN1CCCC1. The molecule has 0 bridgehead atoms. The van der Waals surface area contributed by atoms with Crippen LogP contribution in [0.1, 0.15) is 34.3 Å². The van der Waals surface area contributed by atoms with Crippen molar-refractivity contribution in [2.75, 3.05) is 27.3 Å². The van der Waals surface area contributed by atoms with E-state index in [1.165, 1.54) is 38.2 Å². The molecule has 0 atom stereocenters. The van der Waals surface area contributed by atoms with Gasteiger partial charge in [-0.1, -0.05) is 12.1 Å². The molecule has 7 heteroatoms. The Hall–Kier alpha value is -2.93. The zero-order valence-electron chi connectivity index (χ0n) is 17.1. The predicted molar refractivity (Wildman–Crippen MR) is 110 cm³/mol. The van der Waals surface area contributed by atoms with E-state index in [1.807, 2.05) is 12.1 Å². The summed E-state index contributed by atoms with van der Waals surface area (Å²) in [5.41, 5.74) is 2.17. The number of nitrogens with zero attached hydrogens (tertiary/aromatic N) is 1. The van der Waals surface area contributed by atoms with Crippen molar-refractivity contribution in [3.63, 3.8) is 0 Å². The number of benzene rings is 2. The molecule has 1 saturated heterocycles. The van der Waals surface area contributed by atoms with Crippen LogP contribution in [0, 0.1) is 0 Å². The van der Waals surface area contributed by atoms with Gasteiger partial charge in [0.2, 0.25) is 0 Å². The third-order valence-corrected chi connectivity index (χ3v) is 4.99. The van der Waals surface area contributed by atoms with Crippen LogP contribution >= 0.6 is 0 Å². The average molecular weight is 417 g/mol. The molecule has 0 spiro atoms. The lowest BCUT2D eigenvalue weighted by Gasteiger charge is -2.17. The summed E-state index contributed by atoms with van der Waals surface area (Å²) in [4.78, 5) is 15.0. The van der Waals surface area contributed by atoms with Crippen LogP contribution in [0.15, 0.2) is 42.5 Å². The second-order valence-corrected chi connectivity index (χ2v) is 7.00. The van der Waals surface area contributed by atoms with Crippen LogP contribution in [0.2, 0.25) is 0 Å². The maximum atomic E-state index is 12.7. The van der Waals surface area contributed by atoms with Gasteiger partial charge in [-0.2, -0.15) is 8.78 Å². The zero-order valence-corrected chi connectivity index (χ0v) is 17.1. The highest BCUT2D eigenvalue weighted by molar-refractivity contribution is 6.07. The van der Waals surface area contributed by atoms with E-state index in [0.29, 0.717) is 11.1 Å². The monoisotopic (exact) mass is 417 g/mol. The molecule has 1 aliphatic rings. The van der Waals surface area contributed by atoms with Crippen LogP contribution < -0.4 is 14.2 Å². The number of methoxy groups -OCH3 is 2. The minimum atomic E-state index is -2.94. The van der Waals surface area contributed by atoms with Crippen LogP contribution in [0.4, 0.5) is 8.78 Å². The molecule has 2 aromatic carbocycles. The first-order valence-electron chi connectivity index (χ1n) is 9.74. The first-order valence-corrected chi connectivity index (χ1v) is 9.74. The molecule has 5 nitrogen and oxygen atoms in total. The molecule has 30 heavy (non-hydrogen) atoms. The van der Waals surface area contributed by atoms with Crippen LogP contribution in [0.25, 0.3) is 6.08 Å². The molecular weight excluding hydrogens is 392 g/mol. The Balaban J connectivity index is 1.75. The fourth-order valence-corrected chi connectivity index (χ4v) is 3.49. The molecule has 160 valence electrons. The molecule has 0 unspecified atom stereocenters. The number of carbonyl (C=O) groups is 1. The van der Waals surface area contributed by atoms with Gasteiger partial charge in [0, 0.05) is 17.7 Å². The highest BCUT2D eigenvalue weighted by Crippen LogP contribution is 2.30. The first kappa shape index (κ1) is 21.8. The Kier molecular flexibility index (Phi) is 7.41. The second kappa shape index (κ2) is 10.2. The number of hydrogen-bond donors (Lipinski definition) is 0. The highest BCUT2D eigenvalue weighted by Gasteiger charge is 2.16. The zero-order chi connectivity index (χ0) is 21.5. The van der Waals surface area contributed by atoms with Gasteiger partial charge in [-0.05, 0) is 67.9 Å². The van der Waals surface area contributed by atoms with Gasteiger partial charge in [0.05, 0.1) is 14.2 Å². The van der Waals surface area contributed by atoms with Gasteiger partial charge in [-0.25, -0.2) is 0 Å². The van der Waals surface area contributed by atoms with Crippen molar-refractivity contribution in [1.29, 1.82) is 0 Å². The average Bonchev–Trinajstić information content (AvgIpc) is 3.25. The van der Waals surface area contributed by atoms with E-state index in [0.717, 1.165) is 30.9 Å². The molecular formula is C23H25F2NO4. The lowest BCUT2D eigenvalue weighted by Crippen LogP contribution is -2.19. The number of hydrogen-bond acceptors (Lipinski definition) is 5. The number of alkyl halides is 2. The van der Waals surface area contributed by atoms with Crippen LogP contribution in [0.3, 0.4) is 0 Å². The van der Waals surface area contributed by atoms with Crippen molar-refractivity contribution in [3.8, 4) is 17.2 Å². The highest BCUT2D eigenvalue weighted by atomic mass is 19.3. The Bertz CT molecular complexity index is 908. The van der Waals surface area contributed by atoms with Gasteiger partial charge in [-0.15, -0.1) is 0 Å². The van der Waals surface area contributed by atoms with Gasteiger partial charge in [-0.3, -0.25) is 9.69 Å². The molecule has 2 aromatic rings. The van der Waals surface area contributed by atoms with Crippen molar-refractivity contribution in [2.45, 2.75) is 26.0 Å².